The van der Waals surface area contributed by atoms with Crippen LogP contribution in [0.25, 0.3) is 0 Å². The van der Waals surface area contributed by atoms with E-state index in [4.69, 9.17) is 0 Å². The first kappa shape index (κ1) is 13.2. The molecular formula is C12H20FNO2. The maximum Gasteiger partial charge on any atom is 0.280 e. The second-order valence-electron chi connectivity index (χ2n) is 4.51. The molecule has 1 aliphatic rings. The Balaban J connectivity index is 2.54. The second-order valence-corrected chi connectivity index (χ2v) is 4.51. The molecular weight excluding hydrogens is 209 g/mol. The molecule has 4 heteroatoms. The van der Waals surface area contributed by atoms with Crippen LogP contribution in [0.5, 0.6) is 0 Å². The SMILES string of the molecule is CCC(O)C(C)NC(=O)C(F)=C(C)C1CC1. The van der Waals surface area contributed by atoms with Crippen LogP contribution in [0.3, 0.4) is 0 Å². The number of aliphatic hydroxyl groups is 1. The van der Waals surface area contributed by atoms with E-state index in [-0.39, 0.29) is 5.92 Å². The summed E-state index contributed by atoms with van der Waals surface area (Å²) in [6, 6.07) is -0.421. The minimum Gasteiger partial charge on any atom is -0.391 e. The van der Waals surface area contributed by atoms with Gasteiger partial charge >= 0.3 is 0 Å². The highest BCUT2D eigenvalue weighted by molar-refractivity contribution is 5.92. The van der Waals surface area contributed by atoms with Gasteiger partial charge in [0.25, 0.3) is 5.91 Å². The summed E-state index contributed by atoms with van der Waals surface area (Å²) in [5.74, 6) is -1.14. The zero-order valence-electron chi connectivity index (χ0n) is 10.1. The largest absolute Gasteiger partial charge is 0.391 e. The molecule has 0 spiro atoms. The summed E-state index contributed by atoms with van der Waals surface area (Å²) in [6.07, 6.45) is 1.85. The third-order valence-corrected chi connectivity index (χ3v) is 3.09. The molecule has 0 saturated heterocycles. The van der Waals surface area contributed by atoms with Crippen molar-refractivity contribution in [3.8, 4) is 0 Å². The molecule has 0 radical (unpaired) electrons. The van der Waals surface area contributed by atoms with Crippen molar-refractivity contribution in [2.24, 2.45) is 5.92 Å². The van der Waals surface area contributed by atoms with Gasteiger partial charge in [-0.05, 0) is 44.6 Å². The van der Waals surface area contributed by atoms with E-state index in [1.807, 2.05) is 6.92 Å². The number of rotatable bonds is 5. The standard InChI is InChI=1S/C12H20FNO2/c1-4-10(15)8(3)14-12(16)11(13)7(2)9-5-6-9/h8-10,15H,4-6H2,1-3H3,(H,14,16). The molecule has 1 amide bonds. The fourth-order valence-electron chi connectivity index (χ4n) is 1.59. The number of carbonyl (C=O) groups is 1. The molecule has 1 rings (SSSR count). The van der Waals surface area contributed by atoms with Gasteiger partial charge in [0, 0.05) is 0 Å². The number of hydrogen-bond donors (Lipinski definition) is 2. The fraction of sp³-hybridized carbons (Fsp3) is 0.750. The van der Waals surface area contributed by atoms with Crippen LogP contribution in [0.4, 0.5) is 4.39 Å². The topological polar surface area (TPSA) is 49.3 Å². The Morgan fingerprint density at radius 2 is 2.12 bits per heavy atom. The van der Waals surface area contributed by atoms with Crippen LogP contribution in [0.2, 0.25) is 0 Å². The molecule has 1 fully saturated rings. The second kappa shape index (κ2) is 5.43. The zero-order valence-corrected chi connectivity index (χ0v) is 10.1. The Morgan fingerprint density at radius 1 is 1.56 bits per heavy atom. The maximum atomic E-state index is 13.6. The quantitative estimate of drug-likeness (QED) is 0.707. The van der Waals surface area contributed by atoms with Crippen LogP contribution in [-0.4, -0.2) is 23.2 Å². The third-order valence-electron chi connectivity index (χ3n) is 3.09. The maximum absolute atomic E-state index is 13.6. The van der Waals surface area contributed by atoms with Crippen molar-refractivity contribution in [2.75, 3.05) is 0 Å². The number of allylic oxidation sites excluding steroid dienone is 1. The lowest BCUT2D eigenvalue weighted by Gasteiger charge is -2.18. The average Bonchev–Trinajstić information content (AvgIpc) is 3.09. The third kappa shape index (κ3) is 3.30. The number of halogens is 1. The Kier molecular flexibility index (Phi) is 4.47. The molecule has 0 bridgehead atoms. The molecule has 0 aromatic heterocycles. The Morgan fingerprint density at radius 3 is 2.56 bits per heavy atom. The van der Waals surface area contributed by atoms with Crippen molar-refractivity contribution in [3.05, 3.63) is 11.4 Å². The van der Waals surface area contributed by atoms with Crippen LogP contribution in [0.1, 0.15) is 40.0 Å². The summed E-state index contributed by atoms with van der Waals surface area (Å²) in [5.41, 5.74) is 0.538. The molecule has 16 heavy (non-hydrogen) atoms. The molecule has 2 atom stereocenters. The number of amides is 1. The van der Waals surface area contributed by atoms with Gasteiger partial charge in [0.15, 0.2) is 5.83 Å². The van der Waals surface area contributed by atoms with Crippen molar-refractivity contribution >= 4 is 5.91 Å². The summed E-state index contributed by atoms with van der Waals surface area (Å²) in [7, 11) is 0. The van der Waals surface area contributed by atoms with Crippen LogP contribution >= 0.6 is 0 Å². The van der Waals surface area contributed by atoms with Gasteiger partial charge in [-0.3, -0.25) is 4.79 Å². The van der Waals surface area contributed by atoms with E-state index in [1.165, 1.54) is 0 Å². The molecule has 0 heterocycles. The van der Waals surface area contributed by atoms with Crippen molar-refractivity contribution < 1.29 is 14.3 Å². The van der Waals surface area contributed by atoms with Gasteiger partial charge < -0.3 is 10.4 Å². The van der Waals surface area contributed by atoms with Gasteiger partial charge in [-0.1, -0.05) is 6.92 Å². The van der Waals surface area contributed by atoms with E-state index < -0.39 is 23.9 Å². The van der Waals surface area contributed by atoms with E-state index in [9.17, 15) is 14.3 Å². The Labute approximate surface area is 95.7 Å². The summed E-state index contributed by atoms with van der Waals surface area (Å²) < 4.78 is 13.6. The van der Waals surface area contributed by atoms with Gasteiger partial charge in [-0.15, -0.1) is 0 Å². The lowest BCUT2D eigenvalue weighted by Crippen LogP contribution is -2.41. The van der Waals surface area contributed by atoms with Crippen molar-refractivity contribution in [1.82, 2.24) is 5.32 Å². The lowest BCUT2D eigenvalue weighted by molar-refractivity contribution is -0.120. The Bertz CT molecular complexity index is 297. The first-order valence-corrected chi connectivity index (χ1v) is 5.82. The summed E-state index contributed by atoms with van der Waals surface area (Å²) >= 11 is 0. The summed E-state index contributed by atoms with van der Waals surface area (Å²) in [5, 5.41) is 11.9. The van der Waals surface area contributed by atoms with Crippen LogP contribution < -0.4 is 5.32 Å². The van der Waals surface area contributed by atoms with Crippen LogP contribution in [-0.2, 0) is 4.79 Å². The van der Waals surface area contributed by atoms with E-state index in [0.29, 0.717) is 12.0 Å². The number of aliphatic hydroxyl groups excluding tert-OH is 1. The predicted molar refractivity (Wildman–Crippen MR) is 60.4 cm³/mol. The first-order valence-electron chi connectivity index (χ1n) is 5.82. The highest BCUT2D eigenvalue weighted by Gasteiger charge is 2.28. The van der Waals surface area contributed by atoms with Crippen molar-refractivity contribution in [1.29, 1.82) is 0 Å². The average molecular weight is 229 g/mol. The molecule has 3 nitrogen and oxygen atoms in total. The molecule has 0 aromatic carbocycles. The van der Waals surface area contributed by atoms with E-state index >= 15 is 0 Å². The highest BCUT2D eigenvalue weighted by Crippen LogP contribution is 2.37. The van der Waals surface area contributed by atoms with Crippen LogP contribution in [0.15, 0.2) is 11.4 Å². The van der Waals surface area contributed by atoms with E-state index in [0.717, 1.165) is 12.8 Å². The van der Waals surface area contributed by atoms with Gasteiger partial charge in [0.1, 0.15) is 0 Å². The zero-order chi connectivity index (χ0) is 12.3. The highest BCUT2D eigenvalue weighted by atomic mass is 19.1. The van der Waals surface area contributed by atoms with Crippen molar-refractivity contribution in [3.63, 3.8) is 0 Å². The number of hydrogen-bond acceptors (Lipinski definition) is 2. The lowest BCUT2D eigenvalue weighted by atomic mass is 10.1. The monoisotopic (exact) mass is 229 g/mol. The summed E-state index contributed by atoms with van der Waals surface area (Å²) in [6.45, 7) is 5.15. The molecule has 1 aliphatic carbocycles. The molecule has 2 unspecified atom stereocenters. The molecule has 0 aromatic rings. The van der Waals surface area contributed by atoms with E-state index in [1.54, 1.807) is 13.8 Å². The number of carbonyl (C=O) groups excluding carboxylic acids is 1. The van der Waals surface area contributed by atoms with Crippen LogP contribution in [0, 0.1) is 5.92 Å². The number of nitrogens with one attached hydrogen (secondary N) is 1. The van der Waals surface area contributed by atoms with Crippen molar-refractivity contribution in [2.45, 2.75) is 52.2 Å². The Hall–Kier alpha value is -0.900. The minimum absolute atomic E-state index is 0.247. The normalized spacial score (nSPS) is 21.1. The van der Waals surface area contributed by atoms with Gasteiger partial charge in [0.05, 0.1) is 12.1 Å². The fourth-order valence-corrected chi connectivity index (χ4v) is 1.59. The molecule has 1 saturated carbocycles. The smallest absolute Gasteiger partial charge is 0.280 e. The molecule has 0 aliphatic heterocycles. The first-order chi connectivity index (χ1) is 7.47. The summed E-state index contributed by atoms with van der Waals surface area (Å²) in [4.78, 5) is 11.5. The van der Waals surface area contributed by atoms with Gasteiger partial charge in [0.2, 0.25) is 0 Å². The van der Waals surface area contributed by atoms with Gasteiger partial charge in [-0.25, -0.2) is 4.39 Å². The molecule has 2 N–H and O–H groups in total. The predicted octanol–water partition coefficient (Wildman–Crippen LogP) is 1.92. The minimum atomic E-state index is -0.704. The van der Waals surface area contributed by atoms with Gasteiger partial charge in [-0.2, -0.15) is 0 Å². The van der Waals surface area contributed by atoms with E-state index in [2.05, 4.69) is 5.32 Å². The molecule has 92 valence electrons.